The van der Waals surface area contributed by atoms with Crippen molar-refractivity contribution in [2.75, 3.05) is 20.1 Å². The van der Waals surface area contributed by atoms with Gasteiger partial charge in [0.1, 0.15) is 0 Å². The van der Waals surface area contributed by atoms with Gasteiger partial charge in [0.25, 0.3) is 0 Å². The summed E-state index contributed by atoms with van der Waals surface area (Å²) in [6.07, 6.45) is 0.229. The quantitative estimate of drug-likeness (QED) is 0.767. The Morgan fingerprint density at radius 1 is 1.29 bits per heavy atom. The highest BCUT2D eigenvalue weighted by molar-refractivity contribution is 7.89. The number of carbonyl (C=O) groups is 1. The molecular formula is C14H20N2O6S2. The second kappa shape index (κ2) is 6.10. The van der Waals surface area contributed by atoms with E-state index in [0.29, 0.717) is 5.56 Å². The third kappa shape index (κ3) is 3.18. The number of hydrogen-bond acceptors (Lipinski definition) is 5. The van der Waals surface area contributed by atoms with Gasteiger partial charge >= 0.3 is 5.97 Å². The maximum Gasteiger partial charge on any atom is 0.310 e. The molecule has 1 aromatic carbocycles. The van der Waals surface area contributed by atoms with Crippen molar-refractivity contribution >= 4 is 26.0 Å². The van der Waals surface area contributed by atoms with Gasteiger partial charge in [0.05, 0.1) is 15.2 Å². The SMILES string of the molecule is CNS(=O)(=O)c1ccc(S(=O)(=O)N2CCC(C)(C(=O)O)C2)cc1C. The lowest BCUT2D eigenvalue weighted by atomic mass is 9.90. The summed E-state index contributed by atoms with van der Waals surface area (Å²) in [5.74, 6) is -1.04. The molecule has 0 saturated carbocycles. The molecule has 1 aromatic rings. The lowest BCUT2D eigenvalue weighted by Gasteiger charge is -2.20. The molecule has 1 fully saturated rings. The third-order valence-corrected chi connectivity index (χ3v) is 7.71. The summed E-state index contributed by atoms with van der Waals surface area (Å²) < 4.78 is 52.4. The normalized spacial score (nSPS) is 22.6. The highest BCUT2D eigenvalue weighted by Crippen LogP contribution is 2.34. The van der Waals surface area contributed by atoms with Crippen LogP contribution in [0.3, 0.4) is 0 Å². The third-order valence-electron chi connectivity index (χ3n) is 4.30. The fourth-order valence-electron chi connectivity index (χ4n) is 2.64. The zero-order valence-electron chi connectivity index (χ0n) is 13.6. The average Bonchev–Trinajstić information content (AvgIpc) is 2.91. The standard InChI is InChI=1S/C14H20N2O6S2/c1-10-8-11(4-5-12(10)23(19,20)15-3)24(21,22)16-7-6-14(2,9-16)13(17)18/h4-5,8,15H,6-7,9H2,1-3H3,(H,17,18). The Balaban J connectivity index is 2.39. The van der Waals surface area contributed by atoms with Crippen LogP contribution in [-0.2, 0) is 24.8 Å². The fourth-order valence-corrected chi connectivity index (χ4v) is 5.24. The molecule has 0 aromatic heterocycles. The summed E-state index contributed by atoms with van der Waals surface area (Å²) in [5.41, 5.74) is -0.817. The maximum absolute atomic E-state index is 12.7. The van der Waals surface area contributed by atoms with E-state index < -0.39 is 31.4 Å². The van der Waals surface area contributed by atoms with Crippen molar-refractivity contribution in [1.82, 2.24) is 9.03 Å². The monoisotopic (exact) mass is 376 g/mol. The number of rotatable bonds is 5. The van der Waals surface area contributed by atoms with E-state index >= 15 is 0 Å². The van der Waals surface area contributed by atoms with Crippen molar-refractivity contribution in [2.24, 2.45) is 5.41 Å². The number of nitrogens with one attached hydrogen (secondary N) is 1. The molecule has 1 atom stereocenters. The minimum atomic E-state index is -3.88. The van der Waals surface area contributed by atoms with Gasteiger partial charge in [0.2, 0.25) is 20.0 Å². The first-order valence-electron chi connectivity index (χ1n) is 7.22. The largest absolute Gasteiger partial charge is 0.481 e. The molecule has 1 aliphatic rings. The number of aryl methyl sites for hydroxylation is 1. The van der Waals surface area contributed by atoms with E-state index in [1.165, 1.54) is 39.1 Å². The van der Waals surface area contributed by atoms with Crippen LogP contribution in [0.5, 0.6) is 0 Å². The van der Waals surface area contributed by atoms with E-state index in [4.69, 9.17) is 0 Å². The molecule has 1 heterocycles. The second-order valence-corrected chi connectivity index (χ2v) is 9.88. The van der Waals surface area contributed by atoms with E-state index in [2.05, 4.69) is 4.72 Å². The van der Waals surface area contributed by atoms with Crippen molar-refractivity contribution in [3.63, 3.8) is 0 Å². The van der Waals surface area contributed by atoms with Gasteiger partial charge < -0.3 is 5.11 Å². The van der Waals surface area contributed by atoms with Gasteiger partial charge in [-0.3, -0.25) is 4.79 Å². The van der Waals surface area contributed by atoms with E-state index in [1.807, 2.05) is 0 Å². The van der Waals surface area contributed by atoms with Crippen LogP contribution in [0.1, 0.15) is 18.9 Å². The van der Waals surface area contributed by atoms with Gasteiger partial charge in [-0.2, -0.15) is 4.31 Å². The Morgan fingerprint density at radius 2 is 1.92 bits per heavy atom. The van der Waals surface area contributed by atoms with Crippen molar-refractivity contribution in [3.05, 3.63) is 23.8 Å². The number of carboxylic acid groups (broad SMARTS) is 1. The number of sulfonamides is 2. The zero-order valence-corrected chi connectivity index (χ0v) is 15.2. The van der Waals surface area contributed by atoms with Gasteiger partial charge in [-0.05, 0) is 51.1 Å². The molecule has 1 unspecified atom stereocenters. The number of aliphatic carboxylic acids is 1. The second-order valence-electron chi connectivity index (χ2n) is 6.09. The minimum absolute atomic E-state index is 0.000691. The summed E-state index contributed by atoms with van der Waals surface area (Å²) in [6.45, 7) is 3.02. The Morgan fingerprint density at radius 3 is 2.38 bits per heavy atom. The van der Waals surface area contributed by atoms with Crippen molar-refractivity contribution < 1.29 is 26.7 Å². The molecule has 0 spiro atoms. The maximum atomic E-state index is 12.7. The number of carboxylic acids is 1. The smallest absolute Gasteiger partial charge is 0.310 e. The minimum Gasteiger partial charge on any atom is -0.481 e. The molecule has 2 N–H and O–H groups in total. The molecule has 0 bridgehead atoms. The van der Waals surface area contributed by atoms with Crippen molar-refractivity contribution in [3.8, 4) is 0 Å². The Bertz CT molecular complexity index is 879. The predicted molar refractivity (Wildman–Crippen MR) is 86.5 cm³/mol. The van der Waals surface area contributed by atoms with E-state index in [9.17, 15) is 26.7 Å². The molecule has 10 heteroatoms. The van der Waals surface area contributed by atoms with Crippen molar-refractivity contribution in [1.29, 1.82) is 0 Å². The van der Waals surface area contributed by atoms with Gasteiger partial charge in [-0.1, -0.05) is 0 Å². The average molecular weight is 376 g/mol. The Kier molecular flexibility index (Phi) is 4.79. The summed E-state index contributed by atoms with van der Waals surface area (Å²) in [4.78, 5) is 11.2. The summed E-state index contributed by atoms with van der Waals surface area (Å²) in [6, 6.07) is 3.75. The van der Waals surface area contributed by atoms with Crippen LogP contribution in [-0.4, -0.2) is 52.4 Å². The molecule has 0 amide bonds. The van der Waals surface area contributed by atoms with Crippen LogP contribution < -0.4 is 4.72 Å². The zero-order chi connectivity index (χ0) is 18.3. The van der Waals surface area contributed by atoms with Crippen LogP contribution in [0, 0.1) is 12.3 Å². The molecule has 1 aliphatic heterocycles. The van der Waals surface area contributed by atoms with Crippen LogP contribution in [0.15, 0.2) is 28.0 Å². The number of hydrogen-bond donors (Lipinski definition) is 2. The van der Waals surface area contributed by atoms with Gasteiger partial charge in [-0.25, -0.2) is 21.6 Å². The summed E-state index contributed by atoms with van der Waals surface area (Å²) in [7, 11) is -6.28. The van der Waals surface area contributed by atoms with Crippen LogP contribution >= 0.6 is 0 Å². The molecule has 1 saturated heterocycles. The fraction of sp³-hybridized carbons (Fsp3) is 0.500. The molecule has 2 rings (SSSR count). The Hall–Kier alpha value is -1.49. The highest BCUT2D eigenvalue weighted by atomic mass is 32.2. The molecule has 134 valence electrons. The molecule has 8 nitrogen and oxygen atoms in total. The van der Waals surface area contributed by atoms with Gasteiger partial charge in [-0.15, -0.1) is 0 Å². The number of nitrogens with zero attached hydrogens (tertiary/aromatic N) is 1. The first-order valence-corrected chi connectivity index (χ1v) is 10.1. The van der Waals surface area contributed by atoms with Crippen molar-refractivity contribution in [2.45, 2.75) is 30.1 Å². The number of benzene rings is 1. The predicted octanol–water partition coefficient (Wildman–Crippen LogP) is 0.388. The molecule has 0 aliphatic carbocycles. The first-order chi connectivity index (χ1) is 10.9. The van der Waals surface area contributed by atoms with Crippen LogP contribution in [0.25, 0.3) is 0 Å². The summed E-state index contributed by atoms with van der Waals surface area (Å²) in [5, 5.41) is 9.23. The van der Waals surface area contributed by atoms with Crippen LogP contribution in [0.2, 0.25) is 0 Å². The van der Waals surface area contributed by atoms with Crippen LogP contribution in [0.4, 0.5) is 0 Å². The molecular weight excluding hydrogens is 356 g/mol. The highest BCUT2D eigenvalue weighted by Gasteiger charge is 2.45. The van der Waals surface area contributed by atoms with E-state index in [1.54, 1.807) is 0 Å². The molecule has 0 radical (unpaired) electrons. The first kappa shape index (κ1) is 18.8. The van der Waals surface area contributed by atoms with Gasteiger partial charge in [0, 0.05) is 13.1 Å². The Labute approximate surface area is 141 Å². The van der Waals surface area contributed by atoms with E-state index in [-0.39, 0.29) is 29.3 Å². The van der Waals surface area contributed by atoms with Gasteiger partial charge in [0.15, 0.2) is 0 Å². The lowest BCUT2D eigenvalue weighted by Crippen LogP contribution is -2.35. The lowest BCUT2D eigenvalue weighted by molar-refractivity contribution is -0.146. The topological polar surface area (TPSA) is 121 Å². The van der Waals surface area contributed by atoms with E-state index in [0.717, 1.165) is 4.31 Å². The summed E-state index contributed by atoms with van der Waals surface area (Å²) >= 11 is 0. The molecule has 24 heavy (non-hydrogen) atoms.